The molecule has 2 heteroatoms. The lowest BCUT2D eigenvalue weighted by molar-refractivity contribution is 0.140. The number of rotatable bonds is 2. The molecule has 1 saturated carbocycles. The van der Waals surface area contributed by atoms with Crippen molar-refractivity contribution >= 4 is 0 Å². The first-order valence-electron chi connectivity index (χ1n) is 6.99. The molecule has 2 fully saturated rings. The maximum absolute atomic E-state index is 5.51. The molecule has 2 rings (SSSR count). The first-order chi connectivity index (χ1) is 7.66. The molecule has 2 atom stereocenters. The van der Waals surface area contributed by atoms with Crippen molar-refractivity contribution in [2.45, 2.75) is 70.9 Å². The molecular weight excluding hydrogens is 198 g/mol. The van der Waals surface area contributed by atoms with Crippen LogP contribution in [0.1, 0.15) is 58.8 Å². The lowest BCUT2D eigenvalue weighted by Crippen LogP contribution is -2.43. The summed E-state index contributed by atoms with van der Waals surface area (Å²) in [4.78, 5) is 0. The molecule has 2 unspecified atom stereocenters. The summed E-state index contributed by atoms with van der Waals surface area (Å²) >= 11 is 0. The Morgan fingerprint density at radius 1 is 1.00 bits per heavy atom. The highest BCUT2D eigenvalue weighted by Gasteiger charge is 2.29. The first kappa shape index (κ1) is 12.4. The van der Waals surface area contributed by atoms with Gasteiger partial charge in [-0.3, -0.25) is 0 Å². The highest BCUT2D eigenvalue weighted by Crippen LogP contribution is 2.35. The van der Waals surface area contributed by atoms with E-state index in [0.717, 1.165) is 19.3 Å². The maximum atomic E-state index is 5.51. The summed E-state index contributed by atoms with van der Waals surface area (Å²) in [5, 5.41) is 3.87. The molecule has 16 heavy (non-hydrogen) atoms. The van der Waals surface area contributed by atoms with Gasteiger partial charge in [-0.25, -0.2) is 0 Å². The van der Waals surface area contributed by atoms with E-state index in [-0.39, 0.29) is 0 Å². The van der Waals surface area contributed by atoms with Gasteiger partial charge in [0.1, 0.15) is 0 Å². The standard InChI is InChI=1S/C14H27NO/c1-14(2)8-3-5-13(11-14)15-12-6-4-9-16-10-7-12/h12-13,15H,3-11H2,1-2H3. The lowest BCUT2D eigenvalue weighted by Gasteiger charge is -2.37. The van der Waals surface area contributed by atoms with Crippen molar-refractivity contribution in [1.82, 2.24) is 5.32 Å². The highest BCUT2D eigenvalue weighted by molar-refractivity contribution is 4.85. The minimum atomic E-state index is 0.553. The Bertz CT molecular complexity index is 207. The van der Waals surface area contributed by atoms with Crippen molar-refractivity contribution in [3.05, 3.63) is 0 Å². The van der Waals surface area contributed by atoms with Crippen molar-refractivity contribution in [3.63, 3.8) is 0 Å². The zero-order valence-electron chi connectivity index (χ0n) is 10.9. The van der Waals surface area contributed by atoms with E-state index in [1.807, 2.05) is 0 Å². The van der Waals surface area contributed by atoms with Crippen LogP contribution in [0.25, 0.3) is 0 Å². The van der Waals surface area contributed by atoms with Crippen LogP contribution in [0.5, 0.6) is 0 Å². The molecule has 1 saturated heterocycles. The van der Waals surface area contributed by atoms with Crippen LogP contribution in [0.15, 0.2) is 0 Å². The molecule has 0 aromatic carbocycles. The van der Waals surface area contributed by atoms with Gasteiger partial charge < -0.3 is 10.1 Å². The molecule has 0 radical (unpaired) electrons. The van der Waals surface area contributed by atoms with Crippen LogP contribution in [-0.2, 0) is 4.74 Å². The van der Waals surface area contributed by atoms with Gasteiger partial charge >= 0.3 is 0 Å². The van der Waals surface area contributed by atoms with E-state index in [4.69, 9.17) is 4.74 Å². The number of hydrogen-bond acceptors (Lipinski definition) is 2. The van der Waals surface area contributed by atoms with Crippen molar-refractivity contribution in [3.8, 4) is 0 Å². The Morgan fingerprint density at radius 3 is 2.62 bits per heavy atom. The molecular formula is C14H27NO. The van der Waals surface area contributed by atoms with Gasteiger partial charge in [-0.1, -0.05) is 20.3 Å². The van der Waals surface area contributed by atoms with Crippen LogP contribution >= 0.6 is 0 Å². The quantitative estimate of drug-likeness (QED) is 0.779. The predicted octanol–water partition coefficient (Wildman–Crippen LogP) is 3.11. The van der Waals surface area contributed by atoms with Crippen LogP contribution in [-0.4, -0.2) is 25.3 Å². The third-order valence-corrected chi connectivity index (χ3v) is 4.13. The summed E-state index contributed by atoms with van der Waals surface area (Å²) in [6, 6.07) is 1.47. The SMILES string of the molecule is CC1(C)CCCC(NC2CCCOCC2)C1. The average Bonchev–Trinajstić information content (AvgIpc) is 2.45. The molecule has 1 aliphatic carbocycles. The normalized spacial score (nSPS) is 35.6. The summed E-state index contributed by atoms with van der Waals surface area (Å²) in [6.07, 6.45) is 9.26. The second kappa shape index (κ2) is 5.50. The van der Waals surface area contributed by atoms with E-state index in [1.165, 1.54) is 44.9 Å². The molecule has 2 nitrogen and oxygen atoms in total. The summed E-state index contributed by atoms with van der Waals surface area (Å²) in [5.41, 5.74) is 0.553. The third kappa shape index (κ3) is 3.74. The molecule has 1 heterocycles. The van der Waals surface area contributed by atoms with E-state index in [2.05, 4.69) is 19.2 Å². The Balaban J connectivity index is 1.79. The largest absolute Gasteiger partial charge is 0.381 e. The van der Waals surface area contributed by atoms with Gasteiger partial charge in [0.25, 0.3) is 0 Å². The highest BCUT2D eigenvalue weighted by atomic mass is 16.5. The van der Waals surface area contributed by atoms with Gasteiger partial charge in [0.05, 0.1) is 0 Å². The van der Waals surface area contributed by atoms with Crippen molar-refractivity contribution in [2.24, 2.45) is 5.41 Å². The second-order valence-electron chi connectivity index (χ2n) is 6.36. The van der Waals surface area contributed by atoms with Crippen LogP contribution in [0.3, 0.4) is 0 Å². The first-order valence-corrected chi connectivity index (χ1v) is 6.99. The average molecular weight is 225 g/mol. The van der Waals surface area contributed by atoms with E-state index in [0.29, 0.717) is 11.5 Å². The second-order valence-corrected chi connectivity index (χ2v) is 6.36. The topological polar surface area (TPSA) is 21.3 Å². The summed E-state index contributed by atoms with van der Waals surface area (Å²) in [6.45, 7) is 6.75. The van der Waals surface area contributed by atoms with E-state index in [1.54, 1.807) is 0 Å². The molecule has 1 aliphatic heterocycles. The lowest BCUT2D eigenvalue weighted by atomic mass is 9.75. The van der Waals surface area contributed by atoms with Crippen molar-refractivity contribution in [1.29, 1.82) is 0 Å². The fourth-order valence-electron chi connectivity index (χ4n) is 3.24. The van der Waals surface area contributed by atoms with E-state index >= 15 is 0 Å². The Morgan fingerprint density at radius 2 is 1.81 bits per heavy atom. The fraction of sp³-hybridized carbons (Fsp3) is 1.00. The Kier molecular flexibility index (Phi) is 4.26. The van der Waals surface area contributed by atoms with Gasteiger partial charge in [-0.05, 0) is 43.9 Å². The van der Waals surface area contributed by atoms with Crippen molar-refractivity contribution < 1.29 is 4.74 Å². The minimum Gasteiger partial charge on any atom is -0.381 e. The van der Waals surface area contributed by atoms with Gasteiger partial charge in [-0.15, -0.1) is 0 Å². The molecule has 0 aromatic heterocycles. The van der Waals surface area contributed by atoms with Crippen molar-refractivity contribution in [2.75, 3.05) is 13.2 Å². The minimum absolute atomic E-state index is 0.553. The van der Waals surface area contributed by atoms with Crippen LogP contribution in [0.2, 0.25) is 0 Å². The number of nitrogens with one attached hydrogen (secondary N) is 1. The zero-order chi connectivity index (χ0) is 11.4. The summed E-state index contributed by atoms with van der Waals surface area (Å²) in [5.74, 6) is 0. The zero-order valence-corrected chi connectivity index (χ0v) is 10.9. The van der Waals surface area contributed by atoms with Crippen LogP contribution in [0, 0.1) is 5.41 Å². The molecule has 2 aliphatic rings. The maximum Gasteiger partial charge on any atom is 0.0480 e. The molecule has 94 valence electrons. The van der Waals surface area contributed by atoms with Crippen LogP contribution < -0.4 is 5.32 Å². The van der Waals surface area contributed by atoms with E-state index in [9.17, 15) is 0 Å². The third-order valence-electron chi connectivity index (χ3n) is 4.13. The fourth-order valence-corrected chi connectivity index (χ4v) is 3.24. The van der Waals surface area contributed by atoms with Gasteiger partial charge in [0.15, 0.2) is 0 Å². The molecule has 0 bridgehead atoms. The monoisotopic (exact) mass is 225 g/mol. The molecule has 0 aromatic rings. The van der Waals surface area contributed by atoms with Crippen LogP contribution in [0.4, 0.5) is 0 Å². The van der Waals surface area contributed by atoms with E-state index < -0.39 is 0 Å². The van der Waals surface area contributed by atoms with Gasteiger partial charge in [0, 0.05) is 25.3 Å². The molecule has 0 amide bonds. The summed E-state index contributed by atoms with van der Waals surface area (Å²) in [7, 11) is 0. The van der Waals surface area contributed by atoms with Gasteiger partial charge in [-0.2, -0.15) is 0 Å². The Labute approximate surface area is 100 Å². The number of hydrogen-bond donors (Lipinski definition) is 1. The molecule has 0 spiro atoms. The van der Waals surface area contributed by atoms with Gasteiger partial charge in [0.2, 0.25) is 0 Å². The summed E-state index contributed by atoms with van der Waals surface area (Å²) < 4.78 is 5.51. The number of ether oxygens (including phenoxy) is 1. The molecule has 1 N–H and O–H groups in total. The Hall–Kier alpha value is -0.0800. The predicted molar refractivity (Wildman–Crippen MR) is 67.6 cm³/mol. The smallest absolute Gasteiger partial charge is 0.0480 e.